The molecule has 28 heavy (non-hydrogen) atoms. The van der Waals surface area contributed by atoms with Crippen LogP contribution < -0.4 is 11.1 Å². The maximum absolute atomic E-state index is 12.8. The van der Waals surface area contributed by atoms with Crippen molar-refractivity contribution in [2.75, 3.05) is 32.5 Å². The van der Waals surface area contributed by atoms with Crippen LogP contribution >= 0.6 is 0 Å². The number of likely N-dealkylation sites (N-methyl/N-ethyl adjacent to an activating group) is 2. The van der Waals surface area contributed by atoms with Crippen LogP contribution in [0.1, 0.15) is 34.8 Å². The number of piperidine rings is 1. The van der Waals surface area contributed by atoms with E-state index in [-0.39, 0.29) is 17.9 Å². The number of nitrogens with zero attached hydrogens (tertiary/aromatic N) is 2. The van der Waals surface area contributed by atoms with E-state index < -0.39 is 6.04 Å². The topological polar surface area (TPSA) is 78.7 Å². The number of amides is 2. The van der Waals surface area contributed by atoms with E-state index in [9.17, 15) is 9.59 Å². The van der Waals surface area contributed by atoms with Gasteiger partial charge in [0.1, 0.15) is 6.04 Å². The molecule has 0 saturated carbocycles. The van der Waals surface area contributed by atoms with E-state index in [0.717, 1.165) is 31.5 Å². The van der Waals surface area contributed by atoms with Crippen LogP contribution in [0.3, 0.4) is 0 Å². The molecular weight excluding hydrogens is 352 g/mol. The molecule has 0 aliphatic carbocycles. The van der Waals surface area contributed by atoms with Gasteiger partial charge in [-0.3, -0.25) is 9.59 Å². The Kier molecular flexibility index (Phi) is 6.44. The van der Waals surface area contributed by atoms with E-state index in [4.69, 9.17) is 5.73 Å². The molecule has 1 aliphatic rings. The third-order valence-electron chi connectivity index (χ3n) is 5.31. The molecule has 2 aromatic carbocycles. The van der Waals surface area contributed by atoms with Gasteiger partial charge in [0.05, 0.1) is 0 Å². The van der Waals surface area contributed by atoms with Crippen LogP contribution in [-0.2, 0) is 4.79 Å². The number of rotatable bonds is 5. The summed E-state index contributed by atoms with van der Waals surface area (Å²) in [5.41, 5.74) is 8.01. The summed E-state index contributed by atoms with van der Waals surface area (Å²) < 4.78 is 0. The number of hydrogen-bond donors (Lipinski definition) is 2. The Bertz CT molecular complexity index is 807. The smallest absolute Gasteiger partial charge is 0.253 e. The average Bonchev–Trinajstić information content (AvgIpc) is 2.73. The fraction of sp³-hybridized carbons (Fsp3) is 0.364. The SMILES string of the molecule is CN1CCCC(N(C)C(=O)c2ccc(NC(=O)C(N)c3ccccc3)cc2)C1. The second kappa shape index (κ2) is 8.99. The molecule has 1 aliphatic heterocycles. The minimum atomic E-state index is -0.739. The molecule has 2 amide bonds. The number of carbonyl (C=O) groups excluding carboxylic acids is 2. The second-order valence-corrected chi connectivity index (χ2v) is 7.43. The summed E-state index contributed by atoms with van der Waals surface area (Å²) in [5, 5.41) is 2.81. The molecule has 2 aromatic rings. The molecule has 2 atom stereocenters. The summed E-state index contributed by atoms with van der Waals surface area (Å²) in [6, 6.07) is 15.7. The highest BCUT2D eigenvalue weighted by atomic mass is 16.2. The lowest BCUT2D eigenvalue weighted by atomic mass is 10.0. The van der Waals surface area contributed by atoms with E-state index in [2.05, 4.69) is 17.3 Å². The van der Waals surface area contributed by atoms with Gasteiger partial charge in [0.2, 0.25) is 5.91 Å². The molecule has 148 valence electrons. The Balaban J connectivity index is 1.61. The quantitative estimate of drug-likeness (QED) is 0.835. The Labute approximate surface area is 166 Å². The molecule has 6 nitrogen and oxygen atoms in total. The minimum absolute atomic E-state index is 0.000775. The molecule has 1 saturated heterocycles. The predicted molar refractivity (Wildman–Crippen MR) is 111 cm³/mol. The number of carbonyl (C=O) groups is 2. The highest BCUT2D eigenvalue weighted by Crippen LogP contribution is 2.18. The van der Waals surface area contributed by atoms with Gasteiger partial charge in [-0.15, -0.1) is 0 Å². The second-order valence-electron chi connectivity index (χ2n) is 7.43. The first-order valence-electron chi connectivity index (χ1n) is 9.63. The average molecular weight is 380 g/mol. The number of anilines is 1. The summed E-state index contributed by atoms with van der Waals surface area (Å²) in [6.07, 6.45) is 2.13. The first-order valence-corrected chi connectivity index (χ1v) is 9.63. The summed E-state index contributed by atoms with van der Waals surface area (Å²) in [6.45, 7) is 1.98. The lowest BCUT2D eigenvalue weighted by molar-refractivity contribution is -0.117. The molecule has 1 fully saturated rings. The van der Waals surface area contributed by atoms with Crippen molar-refractivity contribution in [3.63, 3.8) is 0 Å². The van der Waals surface area contributed by atoms with Gasteiger partial charge in [0, 0.05) is 30.9 Å². The predicted octanol–water partition coefficient (Wildman–Crippen LogP) is 2.49. The third kappa shape index (κ3) is 4.77. The number of likely N-dealkylation sites (tertiary alicyclic amines) is 1. The molecule has 0 spiro atoms. The van der Waals surface area contributed by atoms with Crippen LogP contribution in [0.4, 0.5) is 5.69 Å². The van der Waals surface area contributed by atoms with Gasteiger partial charge in [0.15, 0.2) is 0 Å². The van der Waals surface area contributed by atoms with Crippen LogP contribution in [-0.4, -0.2) is 54.8 Å². The molecular formula is C22H28N4O2. The van der Waals surface area contributed by atoms with Gasteiger partial charge in [0.25, 0.3) is 5.91 Å². The highest BCUT2D eigenvalue weighted by Gasteiger charge is 2.25. The lowest BCUT2D eigenvalue weighted by Crippen LogP contribution is -2.47. The minimum Gasteiger partial charge on any atom is -0.337 e. The van der Waals surface area contributed by atoms with Crippen LogP contribution in [0.15, 0.2) is 54.6 Å². The normalized spacial score (nSPS) is 18.3. The zero-order chi connectivity index (χ0) is 20.1. The summed E-state index contributed by atoms with van der Waals surface area (Å²) in [5.74, 6) is -0.285. The van der Waals surface area contributed by atoms with Gasteiger partial charge in [-0.1, -0.05) is 30.3 Å². The molecule has 0 aromatic heterocycles. The van der Waals surface area contributed by atoms with E-state index in [0.29, 0.717) is 11.3 Å². The first kappa shape index (κ1) is 20.0. The number of nitrogens with two attached hydrogens (primary N) is 1. The Hall–Kier alpha value is -2.70. The molecule has 0 radical (unpaired) electrons. The van der Waals surface area contributed by atoms with E-state index in [1.807, 2.05) is 42.3 Å². The summed E-state index contributed by atoms with van der Waals surface area (Å²) in [7, 11) is 3.95. The zero-order valence-corrected chi connectivity index (χ0v) is 16.5. The number of benzene rings is 2. The molecule has 2 unspecified atom stereocenters. The van der Waals surface area contributed by atoms with Gasteiger partial charge in [-0.25, -0.2) is 0 Å². The fourth-order valence-corrected chi connectivity index (χ4v) is 3.55. The standard InChI is InChI=1S/C22H28N4O2/c1-25-14-6-9-19(15-25)26(2)22(28)17-10-12-18(13-11-17)24-21(27)20(23)16-7-4-3-5-8-16/h3-5,7-8,10-13,19-20H,6,9,14-15,23H2,1-2H3,(H,24,27). The van der Waals surface area contributed by atoms with Crippen molar-refractivity contribution in [1.82, 2.24) is 9.80 Å². The van der Waals surface area contributed by atoms with Crippen molar-refractivity contribution in [3.05, 3.63) is 65.7 Å². The van der Waals surface area contributed by atoms with Crippen LogP contribution in [0.25, 0.3) is 0 Å². The number of hydrogen-bond acceptors (Lipinski definition) is 4. The van der Waals surface area contributed by atoms with Crippen molar-refractivity contribution >= 4 is 17.5 Å². The molecule has 1 heterocycles. The number of nitrogens with one attached hydrogen (secondary N) is 1. The van der Waals surface area contributed by atoms with E-state index in [1.165, 1.54) is 0 Å². The molecule has 6 heteroatoms. The molecule has 3 N–H and O–H groups in total. The molecule has 0 bridgehead atoms. The van der Waals surface area contributed by atoms with Crippen LogP contribution in [0, 0.1) is 0 Å². The van der Waals surface area contributed by atoms with Gasteiger partial charge >= 0.3 is 0 Å². The van der Waals surface area contributed by atoms with Gasteiger partial charge in [-0.05, 0) is 56.3 Å². The van der Waals surface area contributed by atoms with Crippen molar-refractivity contribution < 1.29 is 9.59 Å². The lowest BCUT2D eigenvalue weighted by Gasteiger charge is -2.35. The van der Waals surface area contributed by atoms with Crippen molar-refractivity contribution in [1.29, 1.82) is 0 Å². The highest BCUT2D eigenvalue weighted by molar-refractivity contribution is 5.97. The largest absolute Gasteiger partial charge is 0.337 e. The Morgan fingerprint density at radius 2 is 1.82 bits per heavy atom. The van der Waals surface area contributed by atoms with Crippen molar-refractivity contribution in [2.45, 2.75) is 24.9 Å². The van der Waals surface area contributed by atoms with Crippen LogP contribution in [0.5, 0.6) is 0 Å². The fourth-order valence-electron chi connectivity index (χ4n) is 3.55. The van der Waals surface area contributed by atoms with Crippen molar-refractivity contribution in [3.8, 4) is 0 Å². The van der Waals surface area contributed by atoms with Gasteiger partial charge in [-0.2, -0.15) is 0 Å². The summed E-state index contributed by atoms with van der Waals surface area (Å²) >= 11 is 0. The maximum atomic E-state index is 12.8. The van der Waals surface area contributed by atoms with Gasteiger partial charge < -0.3 is 20.9 Å². The van der Waals surface area contributed by atoms with E-state index in [1.54, 1.807) is 24.3 Å². The Morgan fingerprint density at radius 1 is 1.14 bits per heavy atom. The first-order chi connectivity index (χ1) is 13.5. The Morgan fingerprint density at radius 3 is 2.46 bits per heavy atom. The zero-order valence-electron chi connectivity index (χ0n) is 16.5. The van der Waals surface area contributed by atoms with Crippen molar-refractivity contribution in [2.24, 2.45) is 5.73 Å². The summed E-state index contributed by atoms with van der Waals surface area (Å²) in [4.78, 5) is 29.2. The third-order valence-corrected chi connectivity index (χ3v) is 5.31. The maximum Gasteiger partial charge on any atom is 0.253 e. The monoisotopic (exact) mass is 380 g/mol. The molecule has 3 rings (SSSR count). The van der Waals surface area contributed by atoms with Crippen LogP contribution in [0.2, 0.25) is 0 Å². The van der Waals surface area contributed by atoms with E-state index >= 15 is 0 Å².